The SMILES string of the molecule is CC(C)Oc1cncc(C(=O)c2ccc3c(c2)CCC3)c1. The van der Waals surface area contributed by atoms with Crippen molar-refractivity contribution in [3.8, 4) is 5.75 Å². The first-order valence-electron chi connectivity index (χ1n) is 7.41. The molecule has 3 nitrogen and oxygen atoms in total. The lowest BCUT2D eigenvalue weighted by atomic mass is 10.0. The number of hydrogen-bond donors (Lipinski definition) is 0. The Morgan fingerprint density at radius 3 is 2.71 bits per heavy atom. The Hall–Kier alpha value is -2.16. The molecule has 0 N–H and O–H groups in total. The summed E-state index contributed by atoms with van der Waals surface area (Å²) in [4.78, 5) is 16.7. The topological polar surface area (TPSA) is 39.2 Å². The third-order valence-electron chi connectivity index (χ3n) is 3.71. The summed E-state index contributed by atoms with van der Waals surface area (Å²) in [5.41, 5.74) is 4.00. The quantitative estimate of drug-likeness (QED) is 0.804. The third kappa shape index (κ3) is 2.97. The van der Waals surface area contributed by atoms with Gasteiger partial charge in [-0.15, -0.1) is 0 Å². The van der Waals surface area contributed by atoms with Gasteiger partial charge < -0.3 is 4.74 Å². The van der Waals surface area contributed by atoms with Crippen molar-refractivity contribution < 1.29 is 9.53 Å². The van der Waals surface area contributed by atoms with Crippen LogP contribution in [-0.2, 0) is 12.8 Å². The molecule has 1 aliphatic rings. The number of carbonyl (C=O) groups is 1. The second-order valence-electron chi connectivity index (χ2n) is 5.74. The molecule has 0 spiro atoms. The lowest BCUT2D eigenvalue weighted by Crippen LogP contribution is -2.08. The number of pyridine rings is 1. The second kappa shape index (κ2) is 5.68. The van der Waals surface area contributed by atoms with Gasteiger partial charge in [0.2, 0.25) is 0 Å². The van der Waals surface area contributed by atoms with E-state index in [4.69, 9.17) is 4.74 Å². The van der Waals surface area contributed by atoms with Crippen molar-refractivity contribution in [3.05, 3.63) is 58.9 Å². The second-order valence-corrected chi connectivity index (χ2v) is 5.74. The first kappa shape index (κ1) is 13.8. The molecule has 1 heterocycles. The molecule has 1 aromatic heterocycles. The summed E-state index contributed by atoms with van der Waals surface area (Å²) in [5, 5.41) is 0. The molecule has 0 saturated heterocycles. The largest absolute Gasteiger partial charge is 0.489 e. The molecule has 0 saturated carbocycles. The molecule has 2 aromatic rings. The van der Waals surface area contributed by atoms with Gasteiger partial charge in [0.1, 0.15) is 5.75 Å². The van der Waals surface area contributed by atoms with Crippen molar-refractivity contribution in [1.29, 1.82) is 0 Å². The number of aryl methyl sites for hydroxylation is 2. The molecule has 1 aromatic carbocycles. The van der Waals surface area contributed by atoms with Crippen LogP contribution in [0.1, 0.15) is 47.3 Å². The molecule has 3 heteroatoms. The van der Waals surface area contributed by atoms with Gasteiger partial charge in [-0.05, 0) is 56.4 Å². The highest BCUT2D eigenvalue weighted by molar-refractivity contribution is 6.09. The van der Waals surface area contributed by atoms with Crippen LogP contribution in [0, 0.1) is 0 Å². The Morgan fingerprint density at radius 2 is 1.90 bits per heavy atom. The zero-order chi connectivity index (χ0) is 14.8. The monoisotopic (exact) mass is 281 g/mol. The van der Waals surface area contributed by atoms with E-state index in [0.717, 1.165) is 18.4 Å². The van der Waals surface area contributed by atoms with Gasteiger partial charge in [-0.25, -0.2) is 0 Å². The van der Waals surface area contributed by atoms with Gasteiger partial charge in [-0.1, -0.05) is 12.1 Å². The highest BCUT2D eigenvalue weighted by atomic mass is 16.5. The van der Waals surface area contributed by atoms with Crippen LogP contribution in [0.25, 0.3) is 0 Å². The predicted octanol–water partition coefficient (Wildman–Crippen LogP) is 3.59. The number of carbonyl (C=O) groups excluding carboxylic acids is 1. The summed E-state index contributed by atoms with van der Waals surface area (Å²) >= 11 is 0. The van der Waals surface area contributed by atoms with Crippen LogP contribution in [0.15, 0.2) is 36.7 Å². The van der Waals surface area contributed by atoms with E-state index in [1.165, 1.54) is 17.5 Å². The Labute approximate surface area is 125 Å². The maximum absolute atomic E-state index is 12.6. The van der Waals surface area contributed by atoms with E-state index in [1.807, 2.05) is 26.0 Å². The van der Waals surface area contributed by atoms with Crippen LogP contribution >= 0.6 is 0 Å². The number of nitrogens with zero attached hydrogens (tertiary/aromatic N) is 1. The molecule has 1 aliphatic carbocycles. The molecule has 3 rings (SSSR count). The minimum atomic E-state index is 0.00593. The smallest absolute Gasteiger partial charge is 0.194 e. The van der Waals surface area contributed by atoms with Crippen molar-refractivity contribution in [1.82, 2.24) is 4.98 Å². The number of fused-ring (bicyclic) bond motifs is 1. The summed E-state index contributed by atoms with van der Waals surface area (Å²) in [6.07, 6.45) is 6.69. The maximum Gasteiger partial charge on any atom is 0.194 e. The molecule has 0 aliphatic heterocycles. The normalized spacial score (nSPS) is 13.3. The number of aromatic nitrogens is 1. The molecular formula is C18H19NO2. The van der Waals surface area contributed by atoms with Crippen LogP contribution in [0.5, 0.6) is 5.75 Å². The zero-order valence-electron chi connectivity index (χ0n) is 12.4. The van der Waals surface area contributed by atoms with Crippen LogP contribution in [0.2, 0.25) is 0 Å². The highest BCUT2D eigenvalue weighted by Crippen LogP contribution is 2.24. The van der Waals surface area contributed by atoms with Crippen LogP contribution in [-0.4, -0.2) is 16.9 Å². The fourth-order valence-corrected chi connectivity index (χ4v) is 2.76. The summed E-state index contributed by atoms with van der Waals surface area (Å²) in [6.45, 7) is 3.91. The summed E-state index contributed by atoms with van der Waals surface area (Å²) < 4.78 is 5.60. The fraction of sp³-hybridized carbons (Fsp3) is 0.333. The lowest BCUT2D eigenvalue weighted by molar-refractivity contribution is 0.103. The standard InChI is InChI=1S/C18H19NO2/c1-12(2)21-17-9-16(10-19-11-17)18(20)15-7-6-13-4-3-5-14(13)8-15/h6-12H,3-5H2,1-2H3. The molecule has 0 unspecified atom stereocenters. The first-order valence-corrected chi connectivity index (χ1v) is 7.41. The fourth-order valence-electron chi connectivity index (χ4n) is 2.76. The summed E-state index contributed by atoms with van der Waals surface area (Å²) in [7, 11) is 0. The summed E-state index contributed by atoms with van der Waals surface area (Å²) in [5.74, 6) is 0.642. The van der Waals surface area contributed by atoms with Crippen LogP contribution in [0.4, 0.5) is 0 Å². The van der Waals surface area contributed by atoms with E-state index in [-0.39, 0.29) is 11.9 Å². The highest BCUT2D eigenvalue weighted by Gasteiger charge is 2.16. The van der Waals surface area contributed by atoms with Gasteiger partial charge in [0.05, 0.1) is 12.3 Å². The number of benzene rings is 1. The third-order valence-corrected chi connectivity index (χ3v) is 3.71. The average molecular weight is 281 g/mol. The van der Waals surface area contributed by atoms with Crippen molar-refractivity contribution in [2.45, 2.75) is 39.2 Å². The molecule has 0 radical (unpaired) electrons. The minimum Gasteiger partial charge on any atom is -0.489 e. The number of hydrogen-bond acceptors (Lipinski definition) is 3. The Morgan fingerprint density at radius 1 is 1.10 bits per heavy atom. The maximum atomic E-state index is 12.6. The van der Waals surface area contributed by atoms with Gasteiger partial charge in [0.15, 0.2) is 5.78 Å². The van der Waals surface area contributed by atoms with Gasteiger partial charge in [0.25, 0.3) is 0 Å². The van der Waals surface area contributed by atoms with Crippen molar-refractivity contribution in [2.75, 3.05) is 0 Å². The molecule has 0 fully saturated rings. The van der Waals surface area contributed by atoms with E-state index < -0.39 is 0 Å². The number of ether oxygens (including phenoxy) is 1. The molecule has 0 atom stereocenters. The van der Waals surface area contributed by atoms with Crippen LogP contribution < -0.4 is 4.74 Å². The van der Waals surface area contributed by atoms with Gasteiger partial charge in [-0.2, -0.15) is 0 Å². The van der Waals surface area contributed by atoms with E-state index in [2.05, 4.69) is 11.1 Å². The zero-order valence-corrected chi connectivity index (χ0v) is 12.4. The number of ketones is 1. The first-order chi connectivity index (χ1) is 10.1. The molecule has 21 heavy (non-hydrogen) atoms. The molecule has 0 bridgehead atoms. The number of rotatable bonds is 4. The Bertz CT molecular complexity index is 677. The van der Waals surface area contributed by atoms with E-state index in [9.17, 15) is 4.79 Å². The van der Waals surface area contributed by atoms with E-state index in [1.54, 1.807) is 18.5 Å². The van der Waals surface area contributed by atoms with Crippen molar-refractivity contribution in [2.24, 2.45) is 0 Å². The lowest BCUT2D eigenvalue weighted by Gasteiger charge is -2.10. The van der Waals surface area contributed by atoms with Gasteiger partial charge >= 0.3 is 0 Å². The van der Waals surface area contributed by atoms with Gasteiger partial charge in [0, 0.05) is 17.3 Å². The Balaban J connectivity index is 1.88. The predicted molar refractivity (Wildman–Crippen MR) is 81.9 cm³/mol. The molecular weight excluding hydrogens is 262 g/mol. The van der Waals surface area contributed by atoms with Crippen molar-refractivity contribution in [3.63, 3.8) is 0 Å². The van der Waals surface area contributed by atoms with E-state index >= 15 is 0 Å². The van der Waals surface area contributed by atoms with Crippen molar-refractivity contribution >= 4 is 5.78 Å². The Kier molecular flexibility index (Phi) is 3.74. The molecule has 0 amide bonds. The average Bonchev–Trinajstić information content (AvgIpc) is 2.93. The minimum absolute atomic E-state index is 0.00593. The molecule has 108 valence electrons. The van der Waals surface area contributed by atoms with Gasteiger partial charge in [-0.3, -0.25) is 9.78 Å². The van der Waals surface area contributed by atoms with E-state index in [0.29, 0.717) is 11.3 Å². The van der Waals surface area contributed by atoms with Crippen LogP contribution in [0.3, 0.4) is 0 Å². The summed E-state index contributed by atoms with van der Waals surface area (Å²) in [6, 6.07) is 7.79.